The van der Waals surface area contributed by atoms with E-state index < -0.39 is 0 Å². The highest BCUT2D eigenvalue weighted by atomic mass is 16.5. The first kappa shape index (κ1) is 19.7. The summed E-state index contributed by atoms with van der Waals surface area (Å²) in [5.74, 6) is 1.64. The molecule has 1 aromatic carbocycles. The van der Waals surface area contributed by atoms with E-state index in [1.54, 1.807) is 17.0 Å². The van der Waals surface area contributed by atoms with Gasteiger partial charge in [-0.15, -0.1) is 0 Å². The van der Waals surface area contributed by atoms with Crippen LogP contribution in [-0.4, -0.2) is 62.4 Å². The van der Waals surface area contributed by atoms with Gasteiger partial charge in [0.1, 0.15) is 12.4 Å². The number of hydrogen-bond donors (Lipinski definition) is 1. The molecule has 1 aliphatic heterocycles. The van der Waals surface area contributed by atoms with E-state index in [2.05, 4.69) is 9.97 Å². The molecule has 3 rings (SSSR count). The molecule has 0 saturated carbocycles. The topological polar surface area (TPSA) is 103 Å². The van der Waals surface area contributed by atoms with Crippen molar-refractivity contribution in [3.8, 4) is 28.6 Å². The Bertz CT molecular complexity index is 915. The van der Waals surface area contributed by atoms with Gasteiger partial charge in [0.25, 0.3) is 5.56 Å². The fraction of sp³-hybridized carbons (Fsp3) is 0.421. The summed E-state index contributed by atoms with van der Waals surface area (Å²) in [6, 6.07) is 3.45. The lowest BCUT2D eigenvalue weighted by Crippen LogP contribution is -2.41. The molecule has 2 aromatic rings. The molecule has 2 heterocycles. The van der Waals surface area contributed by atoms with Crippen LogP contribution in [0.1, 0.15) is 11.3 Å². The zero-order valence-electron chi connectivity index (χ0n) is 16.3. The van der Waals surface area contributed by atoms with Crippen LogP contribution in [-0.2, 0) is 22.5 Å². The molecule has 1 amide bonds. The van der Waals surface area contributed by atoms with Crippen LogP contribution >= 0.6 is 0 Å². The Morgan fingerprint density at radius 3 is 2.39 bits per heavy atom. The molecule has 1 aliphatic rings. The standard InChI is InChI=1S/C19H23N3O6/c1-25-10-16(23)22-6-5-13-12(9-22)19(24)21-18(20-13)11-7-14(26-2)17(28-4)15(8-11)27-3/h7-8H,5-6,9-10H2,1-4H3,(H,20,21,24). The van der Waals surface area contributed by atoms with Crippen LogP contribution in [0.15, 0.2) is 16.9 Å². The Balaban J connectivity index is 2.00. The molecule has 0 radical (unpaired) electrons. The Hall–Kier alpha value is -3.07. The summed E-state index contributed by atoms with van der Waals surface area (Å²) in [6.07, 6.45) is 0.492. The highest BCUT2D eigenvalue weighted by molar-refractivity contribution is 5.77. The van der Waals surface area contributed by atoms with E-state index >= 15 is 0 Å². The van der Waals surface area contributed by atoms with Gasteiger partial charge in [0, 0.05) is 25.6 Å². The molecular formula is C19H23N3O6. The molecule has 9 nitrogen and oxygen atoms in total. The smallest absolute Gasteiger partial charge is 0.256 e. The SMILES string of the molecule is COCC(=O)N1CCc2nc(-c3cc(OC)c(OC)c(OC)c3)[nH]c(=O)c2C1. The van der Waals surface area contributed by atoms with E-state index in [0.717, 1.165) is 0 Å². The number of nitrogens with one attached hydrogen (secondary N) is 1. The van der Waals surface area contributed by atoms with Crippen molar-refractivity contribution < 1.29 is 23.7 Å². The number of benzene rings is 1. The van der Waals surface area contributed by atoms with Crippen LogP contribution in [0.25, 0.3) is 11.4 Å². The zero-order chi connectivity index (χ0) is 20.3. The lowest BCUT2D eigenvalue weighted by atomic mass is 10.1. The summed E-state index contributed by atoms with van der Waals surface area (Å²) in [5, 5.41) is 0. The predicted octanol–water partition coefficient (Wildman–Crippen LogP) is 0.994. The molecule has 1 N–H and O–H groups in total. The van der Waals surface area contributed by atoms with E-state index in [0.29, 0.717) is 52.9 Å². The first-order chi connectivity index (χ1) is 13.5. The molecule has 0 bridgehead atoms. The van der Waals surface area contributed by atoms with Crippen LogP contribution < -0.4 is 19.8 Å². The van der Waals surface area contributed by atoms with E-state index in [-0.39, 0.29) is 24.6 Å². The second-order valence-corrected chi connectivity index (χ2v) is 6.25. The van der Waals surface area contributed by atoms with Crippen LogP contribution in [0.3, 0.4) is 0 Å². The number of hydrogen-bond acceptors (Lipinski definition) is 7. The maximum absolute atomic E-state index is 12.7. The van der Waals surface area contributed by atoms with Gasteiger partial charge in [-0.1, -0.05) is 0 Å². The molecule has 0 aliphatic carbocycles. The number of H-pyrrole nitrogens is 1. The Morgan fingerprint density at radius 1 is 1.14 bits per heavy atom. The molecule has 1 aromatic heterocycles. The third-order valence-electron chi connectivity index (χ3n) is 4.63. The third-order valence-corrected chi connectivity index (χ3v) is 4.63. The molecule has 150 valence electrons. The van der Waals surface area contributed by atoms with Gasteiger partial charge in [0.15, 0.2) is 11.5 Å². The van der Waals surface area contributed by atoms with Crippen molar-refractivity contribution in [1.29, 1.82) is 0 Å². The summed E-state index contributed by atoms with van der Waals surface area (Å²) in [6.45, 7) is 0.694. The molecule has 0 atom stereocenters. The van der Waals surface area contributed by atoms with Gasteiger partial charge in [-0.25, -0.2) is 4.98 Å². The largest absolute Gasteiger partial charge is 0.493 e. The third kappa shape index (κ3) is 3.65. The van der Waals surface area contributed by atoms with Crippen molar-refractivity contribution in [3.63, 3.8) is 0 Å². The summed E-state index contributed by atoms with van der Waals surface area (Å²) in [7, 11) is 6.04. The van der Waals surface area contributed by atoms with Crippen LogP contribution in [0.4, 0.5) is 0 Å². The minimum atomic E-state index is -0.274. The second-order valence-electron chi connectivity index (χ2n) is 6.25. The Labute approximate surface area is 162 Å². The highest BCUT2D eigenvalue weighted by Gasteiger charge is 2.25. The summed E-state index contributed by atoms with van der Waals surface area (Å²) in [4.78, 5) is 33.7. The summed E-state index contributed by atoms with van der Waals surface area (Å²) < 4.78 is 20.9. The highest BCUT2D eigenvalue weighted by Crippen LogP contribution is 2.40. The van der Waals surface area contributed by atoms with Gasteiger partial charge in [0.2, 0.25) is 11.7 Å². The summed E-state index contributed by atoms with van der Waals surface area (Å²) in [5.41, 5.74) is 1.52. The molecular weight excluding hydrogens is 366 g/mol. The van der Waals surface area contributed by atoms with Crippen molar-refractivity contribution in [2.24, 2.45) is 0 Å². The van der Waals surface area contributed by atoms with Crippen molar-refractivity contribution in [2.45, 2.75) is 13.0 Å². The lowest BCUT2D eigenvalue weighted by molar-refractivity contribution is -0.136. The fourth-order valence-electron chi connectivity index (χ4n) is 3.21. The monoisotopic (exact) mass is 389 g/mol. The van der Waals surface area contributed by atoms with Gasteiger partial charge >= 0.3 is 0 Å². The average molecular weight is 389 g/mol. The maximum Gasteiger partial charge on any atom is 0.256 e. The van der Waals surface area contributed by atoms with Crippen molar-refractivity contribution in [3.05, 3.63) is 33.7 Å². The van der Waals surface area contributed by atoms with Gasteiger partial charge in [-0.3, -0.25) is 9.59 Å². The normalized spacial score (nSPS) is 13.1. The second kappa shape index (κ2) is 8.30. The maximum atomic E-state index is 12.7. The van der Waals surface area contributed by atoms with Crippen molar-refractivity contribution >= 4 is 5.91 Å². The van der Waals surface area contributed by atoms with Crippen LogP contribution in [0.5, 0.6) is 17.2 Å². The predicted molar refractivity (Wildman–Crippen MR) is 101 cm³/mol. The number of carbonyl (C=O) groups excluding carboxylic acids is 1. The number of nitrogens with zero attached hydrogens (tertiary/aromatic N) is 2. The van der Waals surface area contributed by atoms with E-state index in [1.807, 2.05) is 0 Å². The number of methoxy groups -OCH3 is 4. The number of amides is 1. The molecule has 0 unspecified atom stereocenters. The van der Waals surface area contributed by atoms with E-state index in [9.17, 15) is 9.59 Å². The van der Waals surface area contributed by atoms with Crippen LogP contribution in [0.2, 0.25) is 0 Å². The number of rotatable bonds is 6. The first-order valence-corrected chi connectivity index (χ1v) is 8.71. The number of fused-ring (bicyclic) bond motifs is 1. The summed E-state index contributed by atoms with van der Waals surface area (Å²) >= 11 is 0. The van der Waals surface area contributed by atoms with E-state index in [1.165, 1.54) is 28.4 Å². The molecule has 0 fully saturated rings. The number of ether oxygens (including phenoxy) is 4. The lowest BCUT2D eigenvalue weighted by Gasteiger charge is -2.27. The Morgan fingerprint density at radius 2 is 1.82 bits per heavy atom. The molecule has 0 saturated heterocycles. The molecule has 28 heavy (non-hydrogen) atoms. The Kier molecular flexibility index (Phi) is 5.84. The quantitative estimate of drug-likeness (QED) is 0.786. The van der Waals surface area contributed by atoms with Gasteiger partial charge in [-0.2, -0.15) is 0 Å². The average Bonchev–Trinajstić information content (AvgIpc) is 2.72. The fourth-order valence-corrected chi connectivity index (χ4v) is 3.21. The number of aromatic amines is 1. The minimum absolute atomic E-state index is 0.00973. The van der Waals surface area contributed by atoms with E-state index in [4.69, 9.17) is 18.9 Å². The number of aromatic nitrogens is 2. The molecule has 0 spiro atoms. The minimum Gasteiger partial charge on any atom is -0.493 e. The van der Waals surface area contributed by atoms with Crippen LogP contribution in [0, 0.1) is 0 Å². The van der Waals surface area contributed by atoms with Crippen molar-refractivity contribution in [1.82, 2.24) is 14.9 Å². The first-order valence-electron chi connectivity index (χ1n) is 8.71. The van der Waals surface area contributed by atoms with Gasteiger partial charge < -0.3 is 28.8 Å². The van der Waals surface area contributed by atoms with Gasteiger partial charge in [-0.05, 0) is 12.1 Å². The zero-order valence-corrected chi connectivity index (χ0v) is 16.3. The molecule has 9 heteroatoms. The van der Waals surface area contributed by atoms with Gasteiger partial charge in [0.05, 0.1) is 39.1 Å². The van der Waals surface area contributed by atoms with Crippen molar-refractivity contribution in [2.75, 3.05) is 41.6 Å². The number of carbonyl (C=O) groups is 1.